The SMILES string of the molecule is Cn1cc(CCCNC(=O)c2ccccc2N2CCOCC2)cn1. The highest BCUT2D eigenvalue weighted by atomic mass is 16.5. The molecule has 6 nitrogen and oxygen atoms in total. The van der Waals surface area contributed by atoms with E-state index in [1.54, 1.807) is 4.68 Å². The number of benzene rings is 1. The van der Waals surface area contributed by atoms with Crippen LogP contribution in [0.2, 0.25) is 0 Å². The molecule has 1 saturated heterocycles. The number of anilines is 1. The van der Waals surface area contributed by atoms with E-state index in [2.05, 4.69) is 15.3 Å². The van der Waals surface area contributed by atoms with Gasteiger partial charge in [-0.25, -0.2) is 0 Å². The lowest BCUT2D eigenvalue weighted by Crippen LogP contribution is -2.38. The molecular weight excluding hydrogens is 304 g/mol. The van der Waals surface area contributed by atoms with Gasteiger partial charge in [-0.15, -0.1) is 0 Å². The zero-order chi connectivity index (χ0) is 16.8. The van der Waals surface area contributed by atoms with Crippen LogP contribution in [0.4, 0.5) is 5.69 Å². The molecule has 128 valence electrons. The third-order valence-corrected chi connectivity index (χ3v) is 4.19. The smallest absolute Gasteiger partial charge is 0.253 e. The first-order valence-corrected chi connectivity index (χ1v) is 8.41. The van der Waals surface area contributed by atoms with E-state index in [0.717, 1.165) is 37.2 Å². The topological polar surface area (TPSA) is 59.4 Å². The minimum absolute atomic E-state index is 0.0109. The largest absolute Gasteiger partial charge is 0.378 e. The van der Waals surface area contributed by atoms with Crippen LogP contribution in [0.15, 0.2) is 36.7 Å². The maximum atomic E-state index is 12.5. The third-order valence-electron chi connectivity index (χ3n) is 4.19. The third kappa shape index (κ3) is 4.14. The summed E-state index contributed by atoms with van der Waals surface area (Å²) in [6, 6.07) is 7.79. The van der Waals surface area contributed by atoms with Crippen LogP contribution in [0.3, 0.4) is 0 Å². The molecule has 2 aromatic rings. The first-order valence-electron chi connectivity index (χ1n) is 8.41. The molecule has 0 unspecified atom stereocenters. The second-order valence-corrected chi connectivity index (χ2v) is 6.00. The number of morpholine rings is 1. The van der Waals surface area contributed by atoms with Crippen molar-refractivity contribution in [2.24, 2.45) is 7.05 Å². The van der Waals surface area contributed by atoms with E-state index < -0.39 is 0 Å². The summed E-state index contributed by atoms with van der Waals surface area (Å²) >= 11 is 0. The number of nitrogens with zero attached hydrogens (tertiary/aromatic N) is 3. The monoisotopic (exact) mass is 328 g/mol. The van der Waals surface area contributed by atoms with Crippen LogP contribution in [0.1, 0.15) is 22.3 Å². The van der Waals surface area contributed by atoms with Crippen molar-refractivity contribution in [2.75, 3.05) is 37.7 Å². The Hall–Kier alpha value is -2.34. The number of hydrogen-bond acceptors (Lipinski definition) is 4. The van der Waals surface area contributed by atoms with Crippen molar-refractivity contribution in [3.8, 4) is 0 Å². The Bertz CT molecular complexity index is 677. The molecule has 2 heterocycles. The predicted molar refractivity (Wildman–Crippen MR) is 93.3 cm³/mol. The minimum Gasteiger partial charge on any atom is -0.378 e. The van der Waals surface area contributed by atoms with Crippen LogP contribution in [0.5, 0.6) is 0 Å². The molecule has 0 radical (unpaired) electrons. The van der Waals surface area contributed by atoms with E-state index in [1.807, 2.05) is 43.7 Å². The van der Waals surface area contributed by atoms with Gasteiger partial charge in [-0.1, -0.05) is 12.1 Å². The molecule has 1 aromatic heterocycles. The molecule has 1 fully saturated rings. The summed E-state index contributed by atoms with van der Waals surface area (Å²) in [5.41, 5.74) is 2.92. The number of carbonyl (C=O) groups excluding carboxylic acids is 1. The van der Waals surface area contributed by atoms with Gasteiger partial charge in [0.05, 0.1) is 25.0 Å². The van der Waals surface area contributed by atoms with E-state index in [0.29, 0.717) is 19.8 Å². The number of aromatic nitrogens is 2. The Kier molecular flexibility index (Phi) is 5.48. The van der Waals surface area contributed by atoms with Crippen molar-refractivity contribution in [1.82, 2.24) is 15.1 Å². The first kappa shape index (κ1) is 16.5. The van der Waals surface area contributed by atoms with Crippen LogP contribution in [-0.2, 0) is 18.2 Å². The first-order chi connectivity index (χ1) is 11.7. The van der Waals surface area contributed by atoms with E-state index in [-0.39, 0.29) is 5.91 Å². The van der Waals surface area contributed by atoms with Gasteiger partial charge in [0.2, 0.25) is 0 Å². The molecule has 0 bridgehead atoms. The van der Waals surface area contributed by atoms with Crippen LogP contribution in [-0.4, -0.2) is 48.5 Å². The molecular formula is C18H24N4O2. The summed E-state index contributed by atoms with van der Waals surface area (Å²) in [6.45, 7) is 3.73. The Balaban J connectivity index is 1.54. The van der Waals surface area contributed by atoms with Crippen molar-refractivity contribution in [2.45, 2.75) is 12.8 Å². The van der Waals surface area contributed by atoms with E-state index in [9.17, 15) is 4.79 Å². The molecule has 0 saturated carbocycles. The number of ether oxygens (including phenoxy) is 1. The minimum atomic E-state index is -0.0109. The molecule has 1 aliphatic rings. The van der Waals surface area contributed by atoms with Crippen molar-refractivity contribution in [3.05, 3.63) is 47.8 Å². The highest BCUT2D eigenvalue weighted by Gasteiger charge is 2.17. The normalized spacial score (nSPS) is 14.6. The summed E-state index contributed by atoms with van der Waals surface area (Å²) in [7, 11) is 1.91. The lowest BCUT2D eigenvalue weighted by Gasteiger charge is -2.30. The Labute approximate surface area is 142 Å². The highest BCUT2D eigenvalue weighted by Crippen LogP contribution is 2.21. The summed E-state index contributed by atoms with van der Waals surface area (Å²) in [5, 5.41) is 7.19. The van der Waals surface area contributed by atoms with E-state index in [1.165, 1.54) is 5.56 Å². The second kappa shape index (κ2) is 7.97. The van der Waals surface area contributed by atoms with Gasteiger partial charge >= 0.3 is 0 Å². The molecule has 0 atom stereocenters. The average Bonchev–Trinajstić information content (AvgIpc) is 3.04. The number of carbonyl (C=O) groups is 1. The molecule has 1 amide bonds. The number of hydrogen-bond donors (Lipinski definition) is 1. The Morgan fingerprint density at radius 3 is 2.83 bits per heavy atom. The fraction of sp³-hybridized carbons (Fsp3) is 0.444. The second-order valence-electron chi connectivity index (χ2n) is 6.00. The standard InChI is InChI=1S/C18H24N4O2/c1-21-14-15(13-20-21)5-4-8-19-18(23)16-6-2-3-7-17(16)22-9-11-24-12-10-22/h2-3,6-7,13-14H,4-5,8-12H2,1H3,(H,19,23). The van der Waals surface area contributed by atoms with Gasteiger partial charge in [0.25, 0.3) is 5.91 Å². The molecule has 0 aliphatic carbocycles. The maximum absolute atomic E-state index is 12.5. The van der Waals surface area contributed by atoms with Gasteiger partial charge in [-0.3, -0.25) is 9.48 Å². The molecule has 6 heteroatoms. The number of amides is 1. The van der Waals surface area contributed by atoms with Crippen LogP contribution >= 0.6 is 0 Å². The number of rotatable bonds is 6. The van der Waals surface area contributed by atoms with Crippen molar-refractivity contribution in [3.63, 3.8) is 0 Å². The Morgan fingerprint density at radius 1 is 1.29 bits per heavy atom. The summed E-state index contributed by atoms with van der Waals surface area (Å²) in [4.78, 5) is 14.8. The van der Waals surface area contributed by atoms with Gasteiger partial charge in [-0.2, -0.15) is 5.10 Å². The van der Waals surface area contributed by atoms with E-state index >= 15 is 0 Å². The average molecular weight is 328 g/mol. The molecule has 1 aromatic carbocycles. The van der Waals surface area contributed by atoms with Crippen molar-refractivity contribution in [1.29, 1.82) is 0 Å². The summed E-state index contributed by atoms with van der Waals surface area (Å²) < 4.78 is 7.19. The summed E-state index contributed by atoms with van der Waals surface area (Å²) in [6.07, 6.45) is 5.70. The van der Waals surface area contributed by atoms with Gasteiger partial charge in [0.15, 0.2) is 0 Å². The fourth-order valence-electron chi connectivity index (χ4n) is 2.94. The fourth-order valence-corrected chi connectivity index (χ4v) is 2.94. The van der Waals surface area contributed by atoms with Crippen molar-refractivity contribution < 1.29 is 9.53 Å². The maximum Gasteiger partial charge on any atom is 0.253 e. The zero-order valence-corrected chi connectivity index (χ0v) is 14.1. The lowest BCUT2D eigenvalue weighted by molar-refractivity contribution is 0.0951. The predicted octanol–water partition coefficient (Wildman–Crippen LogP) is 1.62. The number of para-hydroxylation sites is 1. The number of nitrogens with one attached hydrogen (secondary N) is 1. The van der Waals surface area contributed by atoms with Crippen LogP contribution in [0.25, 0.3) is 0 Å². The van der Waals surface area contributed by atoms with Crippen LogP contribution < -0.4 is 10.2 Å². The molecule has 0 spiro atoms. The molecule has 24 heavy (non-hydrogen) atoms. The van der Waals surface area contributed by atoms with E-state index in [4.69, 9.17) is 4.74 Å². The zero-order valence-electron chi connectivity index (χ0n) is 14.1. The number of aryl methyl sites for hydroxylation is 2. The van der Waals surface area contributed by atoms with Gasteiger partial charge in [0, 0.05) is 38.6 Å². The summed E-state index contributed by atoms with van der Waals surface area (Å²) in [5.74, 6) is -0.0109. The molecule has 3 rings (SSSR count). The molecule has 1 N–H and O–H groups in total. The highest BCUT2D eigenvalue weighted by molar-refractivity contribution is 5.99. The van der Waals surface area contributed by atoms with Gasteiger partial charge < -0.3 is 15.0 Å². The molecule has 1 aliphatic heterocycles. The lowest BCUT2D eigenvalue weighted by atomic mass is 10.1. The van der Waals surface area contributed by atoms with Gasteiger partial charge in [0.1, 0.15) is 0 Å². The van der Waals surface area contributed by atoms with Crippen LogP contribution in [0, 0.1) is 0 Å². The quantitative estimate of drug-likeness (QED) is 0.819. The van der Waals surface area contributed by atoms with Crippen molar-refractivity contribution >= 4 is 11.6 Å². The Morgan fingerprint density at radius 2 is 2.08 bits per heavy atom. The van der Waals surface area contributed by atoms with Gasteiger partial charge in [-0.05, 0) is 30.5 Å².